The first-order chi connectivity index (χ1) is 47.9. The van der Waals surface area contributed by atoms with E-state index in [-0.39, 0.29) is 28.9 Å². The van der Waals surface area contributed by atoms with Crippen LogP contribution in [0, 0.1) is 0 Å². The molecule has 0 unspecified atom stereocenters. The zero-order valence-electron chi connectivity index (χ0n) is 53.8. The van der Waals surface area contributed by atoms with Gasteiger partial charge in [-0.2, -0.15) is 15.0 Å². The highest BCUT2D eigenvalue weighted by Crippen LogP contribution is 2.38. The van der Waals surface area contributed by atoms with E-state index in [1.807, 2.05) is 152 Å². The van der Waals surface area contributed by atoms with Gasteiger partial charge in [-0.1, -0.05) is 200 Å². The first-order valence-electron chi connectivity index (χ1n) is 32.1. The fraction of sp³-hybridized carbons (Fsp3) is 0.0741. The van der Waals surface area contributed by atoms with Crippen LogP contribution < -0.4 is 5.46 Å². The van der Waals surface area contributed by atoms with Crippen LogP contribution in [0.1, 0.15) is 27.7 Å². The molecular weight excluding hydrogens is 1250 g/mol. The van der Waals surface area contributed by atoms with Crippen molar-refractivity contribution in [2.24, 2.45) is 0 Å². The monoisotopic (exact) mass is 1310 g/mol. The van der Waals surface area contributed by atoms with Gasteiger partial charge < -0.3 is 9.31 Å². The van der Waals surface area contributed by atoms with Crippen LogP contribution in [0.25, 0.3) is 130 Å². The molecule has 17 heteroatoms. The summed E-state index contributed by atoms with van der Waals surface area (Å²) in [4.78, 5) is 41.6. The van der Waals surface area contributed by atoms with Crippen LogP contribution in [0.3, 0.4) is 0 Å². The second kappa shape index (κ2) is 26.9. The Bertz CT molecular complexity index is 5260. The van der Waals surface area contributed by atoms with Crippen molar-refractivity contribution >= 4 is 68.9 Å². The Kier molecular flexibility index (Phi) is 17.2. The van der Waals surface area contributed by atoms with Crippen LogP contribution in [-0.4, -0.2) is 76.9 Å². The zero-order chi connectivity index (χ0) is 66.7. The van der Waals surface area contributed by atoms with Crippen molar-refractivity contribution in [2.75, 3.05) is 0 Å². The van der Waals surface area contributed by atoms with Crippen molar-refractivity contribution in [2.45, 2.75) is 38.9 Å². The molecule has 0 aliphatic carbocycles. The van der Waals surface area contributed by atoms with E-state index in [1.54, 1.807) is 0 Å². The lowest BCUT2D eigenvalue weighted by atomic mass is 9.79. The van der Waals surface area contributed by atoms with Crippen molar-refractivity contribution in [3.8, 4) is 96.8 Å². The highest BCUT2D eigenvalue weighted by molar-refractivity contribution is 6.62. The minimum Gasteiger partial charge on any atom is -0.399 e. The van der Waals surface area contributed by atoms with E-state index < -0.39 is 0 Å². The third kappa shape index (κ3) is 12.8. The first-order valence-corrected chi connectivity index (χ1v) is 32.8. The molecule has 98 heavy (non-hydrogen) atoms. The molecule has 6 heterocycles. The van der Waals surface area contributed by atoms with Crippen molar-refractivity contribution in [1.82, 2.24) is 58.6 Å². The number of aromatic nitrogens is 12. The standard InChI is InChI=1S/C47H31N7.C25H25BN2O2.C9H5Cl2N3/c1-4-14-32(15-5-1)43-50-44(33-24-28-37(29-25-33)53-41-22-12-10-20-39(41)48-46(53)35-16-6-2-7-17-35)52-45(51-43)34-26-30-38(31-27-34)54-42-23-13-11-21-40(42)49-47(54)36-18-8-3-9-19-36;1-24(2)25(3,4)30-26(29-24)19-14-16-20(17-15-19)28-22-13-9-8-12-21(22)27-23(28)18-10-6-5-7-11-18;10-8-12-7(13-9(11)14-8)6-4-2-1-3-5-6/h1-31H;5-17H,1-4H3;1-5H. The van der Waals surface area contributed by atoms with Crippen LogP contribution in [0.2, 0.25) is 10.6 Å². The molecule has 0 radical (unpaired) electrons. The normalized spacial score (nSPS) is 13.1. The summed E-state index contributed by atoms with van der Waals surface area (Å²) in [6, 6.07) is 100. The second-order valence-electron chi connectivity index (χ2n) is 24.4. The molecular formula is C81H61BCl2N12O2. The molecule has 0 atom stereocenters. The summed E-state index contributed by atoms with van der Waals surface area (Å²) in [5.74, 6) is 5.00. The molecule has 5 aromatic heterocycles. The van der Waals surface area contributed by atoms with Gasteiger partial charge in [0.1, 0.15) is 17.5 Å². The highest BCUT2D eigenvalue weighted by Gasteiger charge is 2.51. The number of rotatable bonds is 11. The van der Waals surface area contributed by atoms with Gasteiger partial charge in [0.05, 0.1) is 44.3 Å². The average Bonchev–Trinajstić information content (AvgIpc) is 1.61. The smallest absolute Gasteiger partial charge is 0.399 e. The third-order valence-corrected chi connectivity index (χ3v) is 17.8. The number of halogens is 2. The van der Waals surface area contributed by atoms with Crippen LogP contribution in [0.4, 0.5) is 0 Å². The van der Waals surface area contributed by atoms with E-state index in [1.165, 1.54) is 0 Å². The number of fused-ring (bicyclic) bond motifs is 3. The van der Waals surface area contributed by atoms with Gasteiger partial charge in [0.15, 0.2) is 23.3 Å². The highest BCUT2D eigenvalue weighted by atomic mass is 35.5. The molecule has 14 nitrogen and oxygen atoms in total. The SMILES string of the molecule is CC1(C)OB(c2ccc(-n3c(-c4ccccc4)nc4ccccc43)cc2)OC1(C)C.Clc1nc(Cl)nc(-c2ccccc2)n1.c1ccc(-c2nc(-c3ccc(-n4c(-c5ccccc5)nc5ccccc54)cc3)nc(-c3ccc(-n4c(-c5ccccc5)nc5ccccc54)cc3)n2)cc1. The van der Waals surface area contributed by atoms with Crippen molar-refractivity contribution < 1.29 is 9.31 Å². The molecule has 1 fully saturated rings. The molecule has 17 rings (SSSR count). The summed E-state index contributed by atoms with van der Waals surface area (Å²) in [7, 11) is -0.364. The number of hydrogen-bond acceptors (Lipinski definition) is 11. The number of imidazole rings is 3. The minimum atomic E-state index is -0.364. The Morgan fingerprint density at radius 1 is 0.265 bits per heavy atom. The van der Waals surface area contributed by atoms with Gasteiger partial charge in [-0.05, 0) is 153 Å². The predicted molar refractivity (Wildman–Crippen MR) is 394 cm³/mol. The van der Waals surface area contributed by atoms with Gasteiger partial charge in [-0.3, -0.25) is 13.7 Å². The molecule has 11 aromatic carbocycles. The molecule has 1 aliphatic rings. The molecule has 0 bridgehead atoms. The summed E-state index contributed by atoms with van der Waals surface area (Å²) in [5.41, 5.74) is 16.2. The van der Waals surface area contributed by atoms with Gasteiger partial charge in [-0.15, -0.1) is 0 Å². The maximum absolute atomic E-state index is 6.20. The van der Waals surface area contributed by atoms with E-state index in [0.29, 0.717) is 23.3 Å². The first kappa shape index (κ1) is 62.5. The van der Waals surface area contributed by atoms with E-state index in [0.717, 1.165) is 112 Å². The molecule has 0 N–H and O–H groups in total. The van der Waals surface area contributed by atoms with Crippen LogP contribution in [0.5, 0.6) is 0 Å². The molecule has 0 spiro atoms. The maximum Gasteiger partial charge on any atom is 0.494 e. The van der Waals surface area contributed by atoms with Crippen molar-refractivity contribution in [3.05, 3.63) is 308 Å². The Balaban J connectivity index is 0.000000148. The maximum atomic E-state index is 6.20. The molecule has 0 saturated carbocycles. The van der Waals surface area contributed by atoms with Crippen LogP contribution in [0.15, 0.2) is 297 Å². The van der Waals surface area contributed by atoms with Gasteiger partial charge in [0.2, 0.25) is 10.6 Å². The quantitative estimate of drug-likeness (QED) is 0.114. The summed E-state index contributed by atoms with van der Waals surface area (Å²) in [6.45, 7) is 8.30. The van der Waals surface area contributed by atoms with Gasteiger partial charge in [0.25, 0.3) is 0 Å². The van der Waals surface area contributed by atoms with Gasteiger partial charge >= 0.3 is 7.12 Å². The van der Waals surface area contributed by atoms with Crippen molar-refractivity contribution in [1.29, 1.82) is 0 Å². The lowest BCUT2D eigenvalue weighted by Gasteiger charge is -2.32. The fourth-order valence-electron chi connectivity index (χ4n) is 11.9. The number of para-hydroxylation sites is 6. The summed E-state index contributed by atoms with van der Waals surface area (Å²) in [6.07, 6.45) is 0. The predicted octanol–water partition coefficient (Wildman–Crippen LogP) is 18.7. The number of benzene rings is 11. The Labute approximate surface area is 576 Å². The van der Waals surface area contributed by atoms with E-state index in [9.17, 15) is 0 Å². The topological polar surface area (TPSA) is 149 Å². The summed E-state index contributed by atoms with van der Waals surface area (Å²) < 4.78 is 19.0. The molecule has 0 amide bonds. The Morgan fingerprint density at radius 3 is 0.837 bits per heavy atom. The summed E-state index contributed by atoms with van der Waals surface area (Å²) in [5, 5.41) is 0.202. The Morgan fingerprint density at radius 2 is 0.520 bits per heavy atom. The molecule has 474 valence electrons. The second-order valence-corrected chi connectivity index (χ2v) is 25.1. The zero-order valence-corrected chi connectivity index (χ0v) is 55.3. The van der Waals surface area contributed by atoms with E-state index in [4.69, 9.17) is 62.4 Å². The van der Waals surface area contributed by atoms with Crippen LogP contribution in [-0.2, 0) is 9.31 Å². The number of hydrogen-bond donors (Lipinski definition) is 0. The number of nitrogens with zero attached hydrogens (tertiary/aromatic N) is 12. The average molecular weight is 1320 g/mol. The summed E-state index contributed by atoms with van der Waals surface area (Å²) >= 11 is 11.3. The van der Waals surface area contributed by atoms with Crippen molar-refractivity contribution in [3.63, 3.8) is 0 Å². The molecule has 1 saturated heterocycles. The van der Waals surface area contributed by atoms with Gasteiger partial charge in [0, 0.05) is 56.0 Å². The van der Waals surface area contributed by atoms with E-state index in [2.05, 4.69) is 202 Å². The largest absolute Gasteiger partial charge is 0.494 e. The molecule has 16 aromatic rings. The lowest BCUT2D eigenvalue weighted by Crippen LogP contribution is -2.41. The lowest BCUT2D eigenvalue weighted by molar-refractivity contribution is 0.00578. The fourth-order valence-corrected chi connectivity index (χ4v) is 12.2. The Hall–Kier alpha value is -11.6. The molecule has 1 aliphatic heterocycles. The van der Waals surface area contributed by atoms with Crippen LogP contribution >= 0.6 is 23.2 Å². The third-order valence-electron chi connectivity index (χ3n) is 17.5. The van der Waals surface area contributed by atoms with E-state index >= 15 is 0 Å². The minimum absolute atomic E-state index is 0.101. The van der Waals surface area contributed by atoms with Gasteiger partial charge in [-0.25, -0.2) is 29.9 Å².